The molecule has 3 aromatic rings. The van der Waals surface area contributed by atoms with Crippen LogP contribution in [0.3, 0.4) is 0 Å². The quantitative estimate of drug-likeness (QED) is 0.784. The third kappa shape index (κ3) is 2.89. The zero-order chi connectivity index (χ0) is 14.8. The minimum absolute atomic E-state index is 0.328. The second-order valence-electron chi connectivity index (χ2n) is 4.96. The number of rotatable bonds is 3. The smallest absolute Gasteiger partial charge is 0.128 e. The Labute approximate surface area is 127 Å². The van der Waals surface area contributed by atoms with Crippen molar-refractivity contribution in [3.8, 4) is 0 Å². The second kappa shape index (κ2) is 5.80. The van der Waals surface area contributed by atoms with Gasteiger partial charge in [0, 0.05) is 28.2 Å². The third-order valence-electron chi connectivity index (χ3n) is 3.54. The minimum atomic E-state index is -0.450. The summed E-state index contributed by atoms with van der Waals surface area (Å²) in [6.07, 6.45) is 2.28. The Balaban J connectivity index is 1.96. The van der Waals surface area contributed by atoms with Crippen LogP contribution in [-0.4, -0.2) is 4.98 Å². The molecule has 1 atom stereocenters. The lowest BCUT2D eigenvalue weighted by molar-refractivity contribution is 0.581. The molecule has 3 rings (SSSR count). The molecule has 0 radical (unpaired) electrons. The second-order valence-corrected chi connectivity index (χ2v) is 5.40. The van der Waals surface area contributed by atoms with Crippen molar-refractivity contribution < 1.29 is 4.39 Å². The number of aromatic nitrogens is 1. The molecule has 0 aliphatic rings. The first-order chi connectivity index (χ1) is 10.1. The van der Waals surface area contributed by atoms with Gasteiger partial charge in [-0.1, -0.05) is 29.8 Å². The first kappa shape index (κ1) is 14.0. The van der Waals surface area contributed by atoms with Gasteiger partial charge in [-0.15, -0.1) is 0 Å². The number of para-hydroxylation sites is 1. The van der Waals surface area contributed by atoms with E-state index < -0.39 is 6.04 Å². The molecule has 0 saturated heterocycles. The van der Waals surface area contributed by atoms with Crippen LogP contribution in [-0.2, 0) is 6.42 Å². The van der Waals surface area contributed by atoms with Crippen molar-refractivity contribution in [2.24, 2.45) is 5.73 Å². The standard InChI is InChI=1S/C17H14ClFN2/c18-12-5-6-15(19)14(10-12)16(20)9-11-7-8-21-17-4-2-1-3-13(11)17/h1-8,10,16H,9,20H2. The van der Waals surface area contributed by atoms with Crippen LogP contribution in [0.5, 0.6) is 0 Å². The van der Waals surface area contributed by atoms with Crippen LogP contribution in [0.25, 0.3) is 10.9 Å². The van der Waals surface area contributed by atoms with E-state index in [0.717, 1.165) is 16.5 Å². The van der Waals surface area contributed by atoms with Crippen molar-refractivity contribution >= 4 is 22.5 Å². The lowest BCUT2D eigenvalue weighted by Crippen LogP contribution is -2.15. The molecule has 2 N–H and O–H groups in total. The van der Waals surface area contributed by atoms with Gasteiger partial charge in [0.2, 0.25) is 0 Å². The van der Waals surface area contributed by atoms with Gasteiger partial charge in [0.1, 0.15) is 5.82 Å². The van der Waals surface area contributed by atoms with Gasteiger partial charge in [-0.2, -0.15) is 0 Å². The molecule has 0 spiro atoms. The van der Waals surface area contributed by atoms with E-state index in [1.54, 1.807) is 12.3 Å². The lowest BCUT2D eigenvalue weighted by atomic mass is 9.97. The number of hydrogen-bond donors (Lipinski definition) is 1. The number of nitrogens with zero attached hydrogens (tertiary/aromatic N) is 1. The molecule has 1 aromatic heterocycles. The highest BCUT2D eigenvalue weighted by Crippen LogP contribution is 2.25. The summed E-state index contributed by atoms with van der Waals surface area (Å²) in [5, 5.41) is 1.53. The Hall–Kier alpha value is -1.97. The van der Waals surface area contributed by atoms with E-state index in [2.05, 4.69) is 4.98 Å². The molecule has 21 heavy (non-hydrogen) atoms. The summed E-state index contributed by atoms with van der Waals surface area (Å²) in [7, 11) is 0. The highest BCUT2D eigenvalue weighted by Gasteiger charge is 2.14. The highest BCUT2D eigenvalue weighted by atomic mass is 35.5. The van der Waals surface area contributed by atoms with E-state index in [0.29, 0.717) is 17.0 Å². The number of fused-ring (bicyclic) bond motifs is 1. The van der Waals surface area contributed by atoms with Gasteiger partial charge < -0.3 is 5.73 Å². The van der Waals surface area contributed by atoms with Crippen LogP contribution in [0.1, 0.15) is 17.2 Å². The zero-order valence-corrected chi connectivity index (χ0v) is 12.0. The predicted octanol–water partition coefficient (Wildman–Crippen LogP) is 4.27. The monoisotopic (exact) mass is 300 g/mol. The van der Waals surface area contributed by atoms with Gasteiger partial charge in [-0.3, -0.25) is 4.98 Å². The Kier molecular flexibility index (Phi) is 3.86. The van der Waals surface area contributed by atoms with Crippen molar-refractivity contribution in [1.29, 1.82) is 0 Å². The van der Waals surface area contributed by atoms with E-state index in [1.165, 1.54) is 12.1 Å². The zero-order valence-electron chi connectivity index (χ0n) is 11.3. The van der Waals surface area contributed by atoms with E-state index in [9.17, 15) is 4.39 Å². The molecular formula is C17H14ClFN2. The molecule has 2 nitrogen and oxygen atoms in total. The minimum Gasteiger partial charge on any atom is -0.324 e. The van der Waals surface area contributed by atoms with Crippen molar-refractivity contribution in [3.05, 3.63) is 76.7 Å². The Bertz CT molecular complexity index is 783. The van der Waals surface area contributed by atoms with Gasteiger partial charge in [-0.05, 0) is 42.3 Å². The Morgan fingerprint density at radius 1 is 1.14 bits per heavy atom. The van der Waals surface area contributed by atoms with E-state index in [-0.39, 0.29) is 5.82 Å². The number of hydrogen-bond acceptors (Lipinski definition) is 2. The summed E-state index contributed by atoms with van der Waals surface area (Å²) >= 11 is 5.93. The summed E-state index contributed by atoms with van der Waals surface area (Å²) in [6, 6.07) is 13.8. The van der Waals surface area contributed by atoms with Crippen LogP contribution in [0.4, 0.5) is 4.39 Å². The average Bonchev–Trinajstić information content (AvgIpc) is 2.50. The van der Waals surface area contributed by atoms with Crippen molar-refractivity contribution in [3.63, 3.8) is 0 Å². The van der Waals surface area contributed by atoms with E-state index >= 15 is 0 Å². The van der Waals surface area contributed by atoms with Crippen LogP contribution in [0.15, 0.2) is 54.7 Å². The fourth-order valence-electron chi connectivity index (χ4n) is 2.48. The van der Waals surface area contributed by atoms with Gasteiger partial charge in [0.05, 0.1) is 5.52 Å². The Morgan fingerprint density at radius 2 is 1.95 bits per heavy atom. The van der Waals surface area contributed by atoms with Crippen molar-refractivity contribution in [2.45, 2.75) is 12.5 Å². The first-order valence-corrected chi connectivity index (χ1v) is 7.06. The summed E-state index contributed by atoms with van der Waals surface area (Å²) in [6.45, 7) is 0. The molecule has 1 unspecified atom stereocenters. The Morgan fingerprint density at radius 3 is 2.81 bits per heavy atom. The van der Waals surface area contributed by atoms with Gasteiger partial charge in [0.15, 0.2) is 0 Å². The van der Waals surface area contributed by atoms with Gasteiger partial charge in [0.25, 0.3) is 0 Å². The summed E-state index contributed by atoms with van der Waals surface area (Å²) in [5.74, 6) is -0.328. The molecule has 106 valence electrons. The van der Waals surface area contributed by atoms with Crippen LogP contribution in [0, 0.1) is 5.82 Å². The van der Waals surface area contributed by atoms with Crippen molar-refractivity contribution in [2.75, 3.05) is 0 Å². The first-order valence-electron chi connectivity index (χ1n) is 6.68. The van der Waals surface area contributed by atoms with Gasteiger partial charge in [-0.25, -0.2) is 4.39 Å². The maximum atomic E-state index is 13.9. The maximum Gasteiger partial charge on any atom is 0.128 e. The number of nitrogens with two attached hydrogens (primary N) is 1. The molecule has 1 heterocycles. The fourth-order valence-corrected chi connectivity index (χ4v) is 2.66. The third-order valence-corrected chi connectivity index (χ3v) is 3.77. The molecule has 0 saturated carbocycles. The molecular weight excluding hydrogens is 287 g/mol. The highest BCUT2D eigenvalue weighted by molar-refractivity contribution is 6.30. The molecule has 2 aromatic carbocycles. The molecule has 0 fully saturated rings. The normalized spacial score (nSPS) is 12.5. The molecule has 0 aliphatic carbocycles. The molecule has 0 aliphatic heterocycles. The lowest BCUT2D eigenvalue weighted by Gasteiger charge is -2.15. The number of benzene rings is 2. The largest absolute Gasteiger partial charge is 0.324 e. The van der Waals surface area contributed by atoms with Crippen molar-refractivity contribution in [1.82, 2.24) is 4.98 Å². The molecule has 0 bridgehead atoms. The fraction of sp³-hybridized carbons (Fsp3) is 0.118. The number of pyridine rings is 1. The average molecular weight is 301 g/mol. The molecule has 0 amide bonds. The number of halogens is 2. The maximum absolute atomic E-state index is 13.9. The van der Waals surface area contributed by atoms with Crippen LogP contribution in [0.2, 0.25) is 5.02 Å². The van der Waals surface area contributed by atoms with Gasteiger partial charge >= 0.3 is 0 Å². The summed E-state index contributed by atoms with van der Waals surface area (Å²) < 4.78 is 13.9. The van der Waals surface area contributed by atoms with E-state index in [4.69, 9.17) is 17.3 Å². The van der Waals surface area contributed by atoms with E-state index in [1.807, 2.05) is 30.3 Å². The SMILES string of the molecule is NC(Cc1ccnc2ccccc12)c1cc(Cl)ccc1F. The predicted molar refractivity (Wildman–Crippen MR) is 83.8 cm³/mol. The summed E-state index contributed by atoms with van der Waals surface area (Å²) in [4.78, 5) is 4.32. The summed E-state index contributed by atoms with van der Waals surface area (Å²) in [5.41, 5.74) is 8.56. The molecule has 4 heteroatoms. The van der Waals surface area contributed by atoms with Crippen LogP contribution < -0.4 is 5.73 Å². The topological polar surface area (TPSA) is 38.9 Å². The van der Waals surface area contributed by atoms with Crippen LogP contribution >= 0.6 is 11.6 Å².